The number of piperidine rings is 2. The Morgan fingerprint density at radius 3 is 2.25 bits per heavy atom. The number of nitrogens with two attached hydrogens (primary N) is 1. The molecule has 3 aliphatic heterocycles. The predicted octanol–water partition coefficient (Wildman–Crippen LogP) is 4.00. The average Bonchev–Trinajstić information content (AvgIpc) is 2.98. The minimum absolute atomic E-state index is 0.0351. The van der Waals surface area contributed by atoms with Crippen molar-refractivity contribution in [3.63, 3.8) is 0 Å². The third kappa shape index (κ3) is 6.85. The maximum absolute atomic E-state index is 13.4. The topological polar surface area (TPSA) is 96.8 Å². The average molecular weight is 555 g/mol. The largest absolute Gasteiger partial charge is 0.417 e. The number of amidine groups is 1. The van der Waals surface area contributed by atoms with Crippen LogP contribution < -0.4 is 20.9 Å². The molecule has 0 aliphatic carbocycles. The summed E-state index contributed by atoms with van der Waals surface area (Å²) in [6.45, 7) is 8.85. The molecule has 5 rings (SSSR count). The highest BCUT2D eigenvalue weighted by Crippen LogP contribution is 2.35. The van der Waals surface area contributed by atoms with Gasteiger partial charge in [-0.2, -0.15) is 18.4 Å². The third-order valence-corrected chi connectivity index (χ3v) is 8.39. The lowest BCUT2D eigenvalue weighted by Gasteiger charge is -2.37. The fourth-order valence-electron chi connectivity index (χ4n) is 5.98. The predicted molar refractivity (Wildman–Crippen MR) is 151 cm³/mol. The van der Waals surface area contributed by atoms with E-state index >= 15 is 0 Å². The smallest absolute Gasteiger partial charge is 0.387 e. The number of aliphatic imine (C=N–C) groups is 1. The molecule has 0 radical (unpaired) electrons. The number of hydrogen-bond acceptors (Lipinski definition) is 7. The number of pyridine rings is 1. The summed E-state index contributed by atoms with van der Waals surface area (Å²) in [6, 6.07) is 9.47. The Morgan fingerprint density at radius 2 is 1.62 bits per heavy atom. The molecular formula is C29H37F3N8. The van der Waals surface area contributed by atoms with E-state index in [1.165, 1.54) is 25.5 Å². The second-order valence-corrected chi connectivity index (χ2v) is 11.0. The summed E-state index contributed by atoms with van der Waals surface area (Å²) < 4.78 is 40.1. The van der Waals surface area contributed by atoms with Gasteiger partial charge in [-0.15, -0.1) is 0 Å². The van der Waals surface area contributed by atoms with Crippen molar-refractivity contribution in [2.45, 2.75) is 31.9 Å². The SMILES string of the molecule is N#Cc1ccc(N2CCC(C(N)=Nc3ccc(N4CCC(CN5CCNCC5)CC4)cn3)CC2)cc1C(F)(F)F. The molecule has 0 amide bonds. The van der Waals surface area contributed by atoms with Gasteiger partial charge >= 0.3 is 6.18 Å². The van der Waals surface area contributed by atoms with Crippen molar-refractivity contribution >= 4 is 23.0 Å². The monoisotopic (exact) mass is 554 g/mol. The highest BCUT2D eigenvalue weighted by Gasteiger charge is 2.34. The number of nitrogens with one attached hydrogen (secondary N) is 1. The number of anilines is 2. The molecule has 3 aliphatic rings. The van der Waals surface area contributed by atoms with Crippen molar-refractivity contribution in [2.75, 3.05) is 68.7 Å². The first-order chi connectivity index (χ1) is 19.3. The quantitative estimate of drug-likeness (QED) is 0.412. The van der Waals surface area contributed by atoms with E-state index < -0.39 is 11.7 Å². The highest BCUT2D eigenvalue weighted by molar-refractivity contribution is 5.85. The molecule has 11 heteroatoms. The van der Waals surface area contributed by atoms with Crippen molar-refractivity contribution in [3.05, 3.63) is 47.7 Å². The Bertz CT molecular complexity index is 1200. The molecule has 40 heavy (non-hydrogen) atoms. The van der Waals surface area contributed by atoms with E-state index in [1.54, 1.807) is 12.1 Å². The van der Waals surface area contributed by atoms with Gasteiger partial charge in [0.1, 0.15) is 5.84 Å². The maximum Gasteiger partial charge on any atom is 0.417 e. The molecule has 1 aromatic heterocycles. The van der Waals surface area contributed by atoms with Crippen LogP contribution in [0.4, 0.5) is 30.4 Å². The minimum atomic E-state index is -4.57. The van der Waals surface area contributed by atoms with Crippen LogP contribution >= 0.6 is 0 Å². The minimum Gasteiger partial charge on any atom is -0.387 e. The van der Waals surface area contributed by atoms with Crippen molar-refractivity contribution in [1.82, 2.24) is 15.2 Å². The fraction of sp³-hybridized carbons (Fsp3) is 0.552. The molecule has 0 unspecified atom stereocenters. The molecule has 2 aromatic rings. The number of rotatable bonds is 6. The first-order valence-corrected chi connectivity index (χ1v) is 14.1. The molecule has 0 spiro atoms. The van der Waals surface area contributed by atoms with Gasteiger partial charge in [0.05, 0.1) is 29.1 Å². The van der Waals surface area contributed by atoms with E-state index in [4.69, 9.17) is 11.0 Å². The van der Waals surface area contributed by atoms with Crippen LogP contribution in [0.15, 0.2) is 41.5 Å². The van der Waals surface area contributed by atoms with Crippen molar-refractivity contribution in [1.29, 1.82) is 5.26 Å². The van der Waals surface area contributed by atoms with E-state index in [1.807, 2.05) is 17.2 Å². The number of halogens is 3. The second-order valence-electron chi connectivity index (χ2n) is 11.0. The standard InChI is InChI=1S/C29H37F3N8/c30-29(31,32)26-17-24(2-1-23(26)18-33)39-13-7-22(8-14-39)28(34)37-27-4-3-25(19-36-27)40-11-5-21(6-12-40)20-38-15-9-35-10-16-38/h1-4,17,19,21-22,35H,5-16,20H2,(H2,34,36,37). The van der Waals surface area contributed by atoms with Gasteiger partial charge in [-0.25, -0.2) is 9.98 Å². The second kappa shape index (κ2) is 12.4. The normalized spacial score (nSPS) is 20.5. The van der Waals surface area contributed by atoms with Crippen molar-refractivity contribution < 1.29 is 13.2 Å². The lowest BCUT2D eigenvalue weighted by Crippen LogP contribution is -2.46. The maximum atomic E-state index is 13.4. The van der Waals surface area contributed by atoms with Gasteiger partial charge in [-0.3, -0.25) is 0 Å². The van der Waals surface area contributed by atoms with Crippen molar-refractivity contribution in [3.8, 4) is 6.07 Å². The van der Waals surface area contributed by atoms with Crippen molar-refractivity contribution in [2.24, 2.45) is 22.6 Å². The Morgan fingerprint density at radius 1 is 0.975 bits per heavy atom. The van der Waals surface area contributed by atoms with E-state index in [0.717, 1.165) is 56.9 Å². The van der Waals surface area contributed by atoms with E-state index in [9.17, 15) is 13.2 Å². The lowest BCUT2D eigenvalue weighted by molar-refractivity contribution is -0.137. The van der Waals surface area contributed by atoms with Gasteiger partial charge in [0.2, 0.25) is 0 Å². The molecule has 0 atom stereocenters. The number of nitriles is 1. The van der Waals surface area contributed by atoms with Gasteiger partial charge in [0.25, 0.3) is 0 Å². The number of aromatic nitrogens is 1. The van der Waals surface area contributed by atoms with Crippen LogP contribution in [0.25, 0.3) is 0 Å². The van der Waals surface area contributed by atoms with Crippen LogP contribution in [0.1, 0.15) is 36.8 Å². The fourth-order valence-corrected chi connectivity index (χ4v) is 5.98. The number of alkyl halides is 3. The van der Waals surface area contributed by atoms with Crippen LogP contribution in [0.5, 0.6) is 0 Å². The summed E-state index contributed by atoms with van der Waals surface area (Å²) in [5.41, 5.74) is 6.65. The Labute approximate surface area is 233 Å². The van der Waals surface area contributed by atoms with Gasteiger partial charge in [0, 0.05) is 70.5 Å². The van der Waals surface area contributed by atoms with Crippen LogP contribution in [0.3, 0.4) is 0 Å². The number of hydrogen-bond donors (Lipinski definition) is 2. The highest BCUT2D eigenvalue weighted by atomic mass is 19.4. The van der Waals surface area contributed by atoms with E-state index in [0.29, 0.717) is 43.3 Å². The molecule has 214 valence electrons. The first-order valence-electron chi connectivity index (χ1n) is 14.1. The third-order valence-electron chi connectivity index (χ3n) is 8.39. The van der Waals surface area contributed by atoms with Crippen LogP contribution in [0.2, 0.25) is 0 Å². The summed E-state index contributed by atoms with van der Waals surface area (Å²) >= 11 is 0. The zero-order valence-corrected chi connectivity index (χ0v) is 22.7. The zero-order valence-electron chi connectivity index (χ0n) is 22.7. The number of nitrogens with zero attached hydrogens (tertiary/aromatic N) is 6. The van der Waals surface area contributed by atoms with Crippen LogP contribution in [0, 0.1) is 23.2 Å². The molecule has 1 aromatic carbocycles. The summed E-state index contributed by atoms with van der Waals surface area (Å²) in [4.78, 5) is 16.0. The summed E-state index contributed by atoms with van der Waals surface area (Å²) in [7, 11) is 0. The van der Waals surface area contributed by atoms with Gasteiger partial charge in [-0.05, 0) is 61.9 Å². The Balaban J connectivity index is 1.12. The number of piperazine rings is 1. The van der Waals surface area contributed by atoms with Crippen LogP contribution in [-0.2, 0) is 6.18 Å². The first kappa shape index (κ1) is 28.2. The molecule has 3 fully saturated rings. The molecule has 3 saturated heterocycles. The van der Waals surface area contributed by atoms with Gasteiger partial charge in [0.15, 0.2) is 5.82 Å². The van der Waals surface area contributed by atoms with E-state index in [-0.39, 0.29) is 11.5 Å². The molecule has 0 bridgehead atoms. The Kier molecular flexibility index (Phi) is 8.76. The Hall–Kier alpha value is -3.36. The summed E-state index contributed by atoms with van der Waals surface area (Å²) in [5.74, 6) is 1.86. The summed E-state index contributed by atoms with van der Waals surface area (Å²) in [5, 5.41) is 12.5. The molecule has 0 saturated carbocycles. The molecule has 4 heterocycles. The molecule has 3 N–H and O–H groups in total. The number of benzene rings is 1. The van der Waals surface area contributed by atoms with Gasteiger partial charge < -0.3 is 25.8 Å². The molecular weight excluding hydrogens is 517 g/mol. The molecule has 8 nitrogen and oxygen atoms in total. The lowest BCUT2D eigenvalue weighted by atomic mass is 9.95. The summed E-state index contributed by atoms with van der Waals surface area (Å²) in [6.07, 6.45) is 1.04. The van der Waals surface area contributed by atoms with Crippen LogP contribution in [-0.4, -0.2) is 74.6 Å². The zero-order chi connectivity index (χ0) is 28.1. The van der Waals surface area contributed by atoms with Gasteiger partial charge in [-0.1, -0.05) is 0 Å². The van der Waals surface area contributed by atoms with E-state index in [2.05, 4.69) is 31.2 Å².